The number of hydrogen-bond donors (Lipinski definition) is 3. The predicted molar refractivity (Wildman–Crippen MR) is 73.6 cm³/mol. The summed E-state index contributed by atoms with van der Waals surface area (Å²) < 4.78 is 28.2. The summed E-state index contributed by atoms with van der Waals surface area (Å²) in [4.78, 5) is 4.04. The van der Waals surface area contributed by atoms with Crippen molar-refractivity contribution in [2.75, 3.05) is 6.54 Å². The molecule has 0 saturated heterocycles. The van der Waals surface area contributed by atoms with Gasteiger partial charge >= 0.3 is 0 Å². The van der Waals surface area contributed by atoms with Crippen LogP contribution in [0.2, 0.25) is 0 Å². The first-order valence-electron chi connectivity index (χ1n) is 6.23. The number of rotatable bonds is 8. The van der Waals surface area contributed by atoms with Crippen molar-refractivity contribution in [3.63, 3.8) is 0 Å². The third-order valence-electron chi connectivity index (χ3n) is 2.73. The van der Waals surface area contributed by atoms with E-state index in [1.165, 1.54) is 6.20 Å². The van der Waals surface area contributed by atoms with E-state index >= 15 is 0 Å². The second-order valence-corrected chi connectivity index (χ2v) is 6.01. The number of unbranched alkanes of at least 4 members (excludes halogenated alkanes) is 1. The molecule has 1 rings (SSSR count). The Balaban J connectivity index is 2.53. The molecule has 108 valence electrons. The van der Waals surface area contributed by atoms with Crippen LogP contribution in [0.3, 0.4) is 0 Å². The lowest BCUT2D eigenvalue weighted by molar-refractivity contribution is 0.574. The van der Waals surface area contributed by atoms with Crippen LogP contribution in [0.5, 0.6) is 0 Å². The topological polar surface area (TPSA) is 114 Å². The van der Waals surface area contributed by atoms with E-state index in [0.29, 0.717) is 38.2 Å². The minimum atomic E-state index is -3.54. The van der Waals surface area contributed by atoms with Crippen molar-refractivity contribution in [2.24, 2.45) is 5.73 Å². The SMILES string of the molecule is CCn1cc(S(=O)(=O)NCCCCC(=N)N)nc1C. The van der Waals surface area contributed by atoms with E-state index in [4.69, 9.17) is 11.1 Å². The molecule has 19 heavy (non-hydrogen) atoms. The quantitative estimate of drug-likeness (QED) is 0.369. The fourth-order valence-electron chi connectivity index (χ4n) is 1.65. The third-order valence-corrected chi connectivity index (χ3v) is 4.07. The molecule has 0 radical (unpaired) electrons. The number of aromatic nitrogens is 2. The number of nitrogens with zero attached hydrogens (tertiary/aromatic N) is 2. The highest BCUT2D eigenvalue weighted by Crippen LogP contribution is 2.09. The summed E-state index contributed by atoms with van der Waals surface area (Å²) in [7, 11) is -3.54. The maximum absolute atomic E-state index is 12.0. The van der Waals surface area contributed by atoms with Crippen LogP contribution in [0.15, 0.2) is 11.2 Å². The number of nitrogens with two attached hydrogens (primary N) is 1. The monoisotopic (exact) mass is 287 g/mol. The zero-order chi connectivity index (χ0) is 14.5. The molecule has 0 aliphatic heterocycles. The summed E-state index contributed by atoms with van der Waals surface area (Å²) in [6.45, 7) is 4.72. The van der Waals surface area contributed by atoms with E-state index in [1.807, 2.05) is 6.92 Å². The minimum absolute atomic E-state index is 0.0541. The highest BCUT2D eigenvalue weighted by Gasteiger charge is 2.17. The van der Waals surface area contributed by atoms with Gasteiger partial charge in [0.15, 0.2) is 5.03 Å². The Morgan fingerprint density at radius 2 is 2.21 bits per heavy atom. The van der Waals surface area contributed by atoms with E-state index in [-0.39, 0.29) is 10.9 Å². The molecule has 0 unspecified atom stereocenters. The summed E-state index contributed by atoms with van der Waals surface area (Å²) >= 11 is 0. The lowest BCUT2D eigenvalue weighted by Crippen LogP contribution is -2.25. The van der Waals surface area contributed by atoms with Gasteiger partial charge in [-0.05, 0) is 26.7 Å². The minimum Gasteiger partial charge on any atom is -0.388 e. The van der Waals surface area contributed by atoms with Crippen LogP contribution in [-0.2, 0) is 16.6 Å². The normalized spacial score (nSPS) is 11.7. The summed E-state index contributed by atoms with van der Waals surface area (Å²) in [5.74, 6) is 0.805. The van der Waals surface area contributed by atoms with Crippen LogP contribution in [0.25, 0.3) is 0 Å². The van der Waals surface area contributed by atoms with E-state index < -0.39 is 10.0 Å². The average molecular weight is 287 g/mol. The van der Waals surface area contributed by atoms with Crippen molar-refractivity contribution in [3.8, 4) is 0 Å². The van der Waals surface area contributed by atoms with Crippen molar-refractivity contribution in [1.29, 1.82) is 5.41 Å². The van der Waals surface area contributed by atoms with E-state index in [2.05, 4.69) is 9.71 Å². The van der Waals surface area contributed by atoms with Crippen molar-refractivity contribution in [3.05, 3.63) is 12.0 Å². The first kappa shape index (κ1) is 15.6. The van der Waals surface area contributed by atoms with Gasteiger partial charge in [0.1, 0.15) is 5.82 Å². The number of imidazole rings is 1. The van der Waals surface area contributed by atoms with Gasteiger partial charge < -0.3 is 10.3 Å². The zero-order valence-electron chi connectivity index (χ0n) is 11.3. The largest absolute Gasteiger partial charge is 0.388 e. The van der Waals surface area contributed by atoms with E-state index in [9.17, 15) is 8.42 Å². The Hall–Kier alpha value is -1.41. The first-order chi connectivity index (χ1) is 8.86. The molecule has 1 aromatic heterocycles. The van der Waals surface area contributed by atoms with Gasteiger partial charge in [0.25, 0.3) is 10.0 Å². The van der Waals surface area contributed by atoms with Crippen molar-refractivity contribution >= 4 is 15.9 Å². The maximum atomic E-state index is 12.0. The average Bonchev–Trinajstić information content (AvgIpc) is 2.70. The third kappa shape index (κ3) is 4.64. The summed E-state index contributed by atoms with van der Waals surface area (Å²) in [5, 5.41) is 7.12. The molecule has 0 amide bonds. The van der Waals surface area contributed by atoms with Crippen molar-refractivity contribution in [2.45, 2.75) is 44.7 Å². The molecule has 1 aromatic rings. The van der Waals surface area contributed by atoms with Gasteiger partial charge in [-0.25, -0.2) is 18.1 Å². The van der Waals surface area contributed by atoms with E-state index in [1.54, 1.807) is 11.5 Å². The summed E-state index contributed by atoms with van der Waals surface area (Å²) in [6, 6.07) is 0. The van der Waals surface area contributed by atoms with Gasteiger partial charge in [0, 0.05) is 25.7 Å². The van der Waals surface area contributed by atoms with Crippen molar-refractivity contribution in [1.82, 2.24) is 14.3 Å². The molecule has 0 aromatic carbocycles. The van der Waals surface area contributed by atoms with Crippen LogP contribution in [0.4, 0.5) is 0 Å². The molecule has 0 atom stereocenters. The number of aryl methyl sites for hydroxylation is 2. The molecule has 0 spiro atoms. The second kappa shape index (κ2) is 6.67. The Bertz CT molecular complexity index is 535. The van der Waals surface area contributed by atoms with Gasteiger partial charge in [-0.15, -0.1) is 0 Å². The number of nitrogens with one attached hydrogen (secondary N) is 2. The molecule has 4 N–H and O–H groups in total. The number of sulfonamides is 1. The maximum Gasteiger partial charge on any atom is 0.259 e. The summed E-state index contributed by atoms with van der Waals surface area (Å²) in [6.07, 6.45) is 3.37. The first-order valence-corrected chi connectivity index (χ1v) is 7.71. The van der Waals surface area contributed by atoms with Crippen LogP contribution in [0, 0.1) is 12.3 Å². The van der Waals surface area contributed by atoms with Crippen LogP contribution in [0.1, 0.15) is 32.0 Å². The lowest BCUT2D eigenvalue weighted by Gasteiger charge is -2.03. The molecule has 8 heteroatoms. The highest BCUT2D eigenvalue weighted by molar-refractivity contribution is 7.89. The van der Waals surface area contributed by atoms with E-state index in [0.717, 1.165) is 0 Å². The fourth-order valence-corrected chi connectivity index (χ4v) is 2.73. The second-order valence-electron chi connectivity index (χ2n) is 4.29. The van der Waals surface area contributed by atoms with Gasteiger partial charge in [-0.3, -0.25) is 5.41 Å². The van der Waals surface area contributed by atoms with Crippen LogP contribution in [-0.4, -0.2) is 30.3 Å². The molecular weight excluding hydrogens is 266 g/mol. The van der Waals surface area contributed by atoms with Crippen LogP contribution < -0.4 is 10.5 Å². The Kier molecular flexibility index (Phi) is 5.49. The standard InChI is InChI=1S/C11H21N5O2S/c1-3-16-8-11(15-9(16)2)19(17,18)14-7-5-4-6-10(12)13/h8,14H,3-7H2,1-2H3,(H3,12,13). The van der Waals surface area contributed by atoms with Gasteiger partial charge in [0.2, 0.25) is 0 Å². The zero-order valence-corrected chi connectivity index (χ0v) is 12.1. The lowest BCUT2D eigenvalue weighted by atomic mass is 10.2. The molecule has 0 saturated carbocycles. The fraction of sp³-hybridized carbons (Fsp3) is 0.636. The van der Waals surface area contributed by atoms with Gasteiger partial charge in [-0.1, -0.05) is 0 Å². The number of hydrogen-bond acceptors (Lipinski definition) is 4. The smallest absolute Gasteiger partial charge is 0.259 e. The molecular formula is C11H21N5O2S. The molecule has 7 nitrogen and oxygen atoms in total. The molecule has 0 aliphatic carbocycles. The van der Waals surface area contributed by atoms with Crippen molar-refractivity contribution < 1.29 is 8.42 Å². The van der Waals surface area contributed by atoms with Crippen LogP contribution >= 0.6 is 0 Å². The Morgan fingerprint density at radius 3 is 2.74 bits per heavy atom. The molecule has 0 fully saturated rings. The Labute approximate surface area is 113 Å². The predicted octanol–water partition coefficient (Wildman–Crippen LogP) is 0.596. The highest BCUT2D eigenvalue weighted by atomic mass is 32.2. The molecule has 1 heterocycles. The summed E-state index contributed by atoms with van der Waals surface area (Å²) in [5.41, 5.74) is 5.22. The molecule has 0 aliphatic rings. The molecule has 0 bridgehead atoms. The van der Waals surface area contributed by atoms with Gasteiger partial charge in [-0.2, -0.15) is 0 Å². The van der Waals surface area contributed by atoms with Gasteiger partial charge in [0.05, 0.1) is 5.84 Å². The number of amidine groups is 1. The Morgan fingerprint density at radius 1 is 1.53 bits per heavy atom.